The molecule has 1 aromatic heterocycles. The van der Waals surface area contributed by atoms with E-state index < -0.39 is 12.0 Å². The third kappa shape index (κ3) is 3.81. The first kappa shape index (κ1) is 18.3. The summed E-state index contributed by atoms with van der Waals surface area (Å²) in [6.45, 7) is 2.90. The third-order valence-electron chi connectivity index (χ3n) is 5.77. The number of carbonyl (C=O) groups is 1. The standard InChI is InChI=1S/C19H23F3N4O/c20-19(21,22)18-24-14-7-6-12(10-15(14)25-18)17(27)23-11-13-4-3-9-26-8-2-1-5-16(13)26/h6-7,10,13,16H,1-5,8-9,11H2,(H,23,27)(H,24,25)/t13-,16-/m0/s1. The van der Waals surface area contributed by atoms with Gasteiger partial charge in [-0.3, -0.25) is 4.79 Å². The molecule has 0 bridgehead atoms. The van der Waals surface area contributed by atoms with Crippen LogP contribution in [0.4, 0.5) is 13.2 Å². The zero-order chi connectivity index (χ0) is 19.0. The van der Waals surface area contributed by atoms with Crippen molar-refractivity contribution in [1.82, 2.24) is 20.2 Å². The number of alkyl halides is 3. The van der Waals surface area contributed by atoms with E-state index in [1.165, 1.54) is 37.5 Å². The third-order valence-corrected chi connectivity index (χ3v) is 5.77. The SMILES string of the molecule is O=C(NC[C@@H]1CCCN2CCCC[C@@H]12)c1ccc2nc(C(F)(F)F)[nH]c2c1. The van der Waals surface area contributed by atoms with E-state index in [9.17, 15) is 18.0 Å². The van der Waals surface area contributed by atoms with Crippen molar-refractivity contribution in [3.05, 3.63) is 29.6 Å². The second kappa shape index (κ2) is 7.14. The minimum Gasteiger partial charge on any atom is -0.352 e. The van der Waals surface area contributed by atoms with Crippen molar-refractivity contribution in [3.63, 3.8) is 0 Å². The highest BCUT2D eigenvalue weighted by Gasteiger charge is 2.35. The minimum absolute atomic E-state index is 0.198. The second-order valence-corrected chi connectivity index (χ2v) is 7.53. The van der Waals surface area contributed by atoms with Crippen molar-refractivity contribution < 1.29 is 18.0 Å². The summed E-state index contributed by atoms with van der Waals surface area (Å²) in [6.07, 6.45) is 1.39. The summed E-state index contributed by atoms with van der Waals surface area (Å²) in [7, 11) is 0. The number of benzene rings is 1. The molecule has 0 unspecified atom stereocenters. The van der Waals surface area contributed by atoms with E-state index in [-0.39, 0.29) is 16.9 Å². The largest absolute Gasteiger partial charge is 0.449 e. The number of nitrogens with zero attached hydrogens (tertiary/aromatic N) is 2. The Bertz CT molecular complexity index is 830. The van der Waals surface area contributed by atoms with Crippen LogP contribution in [0, 0.1) is 5.92 Å². The topological polar surface area (TPSA) is 61.0 Å². The van der Waals surface area contributed by atoms with Crippen LogP contribution in [-0.4, -0.2) is 46.5 Å². The zero-order valence-corrected chi connectivity index (χ0v) is 15.0. The van der Waals surface area contributed by atoms with Gasteiger partial charge in [-0.1, -0.05) is 6.42 Å². The van der Waals surface area contributed by atoms with Crippen LogP contribution in [0.25, 0.3) is 11.0 Å². The molecule has 0 spiro atoms. The summed E-state index contributed by atoms with van der Waals surface area (Å²) in [6, 6.07) is 4.93. The molecule has 1 aromatic carbocycles. The Balaban J connectivity index is 1.43. The predicted octanol–water partition coefficient (Wildman–Crippen LogP) is 3.58. The first-order valence-corrected chi connectivity index (χ1v) is 9.51. The summed E-state index contributed by atoms with van der Waals surface area (Å²) in [5.74, 6) is -0.863. The monoisotopic (exact) mass is 380 g/mol. The van der Waals surface area contributed by atoms with Crippen LogP contribution in [0.5, 0.6) is 0 Å². The highest BCUT2D eigenvalue weighted by Crippen LogP contribution is 2.31. The van der Waals surface area contributed by atoms with Crippen molar-refractivity contribution >= 4 is 16.9 Å². The lowest BCUT2D eigenvalue weighted by atomic mass is 9.83. The molecule has 4 rings (SSSR count). The van der Waals surface area contributed by atoms with Gasteiger partial charge in [-0.2, -0.15) is 13.2 Å². The highest BCUT2D eigenvalue weighted by molar-refractivity contribution is 5.97. The van der Waals surface area contributed by atoms with Crippen LogP contribution in [0.2, 0.25) is 0 Å². The predicted molar refractivity (Wildman–Crippen MR) is 95.4 cm³/mol. The van der Waals surface area contributed by atoms with Gasteiger partial charge in [0.05, 0.1) is 11.0 Å². The van der Waals surface area contributed by atoms with Gasteiger partial charge in [0.25, 0.3) is 5.91 Å². The molecule has 0 saturated carbocycles. The van der Waals surface area contributed by atoms with E-state index in [2.05, 4.69) is 20.2 Å². The lowest BCUT2D eigenvalue weighted by Crippen LogP contribution is -2.51. The number of halogens is 3. The molecule has 2 aliphatic heterocycles. The van der Waals surface area contributed by atoms with Gasteiger partial charge in [0.2, 0.25) is 5.82 Å². The maximum Gasteiger partial charge on any atom is 0.449 e. The minimum atomic E-state index is -4.53. The van der Waals surface area contributed by atoms with E-state index in [1.807, 2.05) is 0 Å². The van der Waals surface area contributed by atoms with Crippen molar-refractivity contribution in [3.8, 4) is 0 Å². The normalized spacial score (nSPS) is 24.0. The van der Waals surface area contributed by atoms with Crippen LogP contribution < -0.4 is 5.32 Å². The first-order valence-electron chi connectivity index (χ1n) is 9.51. The van der Waals surface area contributed by atoms with E-state index in [1.54, 1.807) is 0 Å². The first-order chi connectivity index (χ1) is 12.9. The molecule has 2 saturated heterocycles. The van der Waals surface area contributed by atoms with E-state index in [0.717, 1.165) is 25.9 Å². The summed E-state index contributed by atoms with van der Waals surface area (Å²) >= 11 is 0. The number of amides is 1. The molecule has 2 N–H and O–H groups in total. The molecule has 0 radical (unpaired) electrons. The Hall–Kier alpha value is -2.09. The Morgan fingerprint density at radius 1 is 1.22 bits per heavy atom. The fourth-order valence-electron chi connectivity index (χ4n) is 4.43. The molecular formula is C19H23F3N4O. The quantitative estimate of drug-likeness (QED) is 0.856. The summed E-state index contributed by atoms with van der Waals surface area (Å²) < 4.78 is 38.3. The number of nitrogens with one attached hydrogen (secondary N) is 2. The van der Waals surface area contributed by atoms with Crippen LogP contribution in [-0.2, 0) is 6.18 Å². The Morgan fingerprint density at radius 2 is 2.04 bits per heavy atom. The smallest absolute Gasteiger partial charge is 0.352 e. The number of rotatable bonds is 3. The Morgan fingerprint density at radius 3 is 2.85 bits per heavy atom. The van der Waals surface area contributed by atoms with Gasteiger partial charge in [0.15, 0.2) is 0 Å². The van der Waals surface area contributed by atoms with E-state index >= 15 is 0 Å². The van der Waals surface area contributed by atoms with Crippen LogP contribution in [0.1, 0.15) is 48.3 Å². The van der Waals surface area contributed by atoms with Gasteiger partial charge >= 0.3 is 6.18 Å². The van der Waals surface area contributed by atoms with Gasteiger partial charge in [0, 0.05) is 18.2 Å². The summed E-state index contributed by atoms with van der Waals surface area (Å²) in [5, 5.41) is 2.98. The number of aromatic nitrogens is 2. The highest BCUT2D eigenvalue weighted by atomic mass is 19.4. The number of imidazole rings is 1. The maximum atomic E-state index is 12.8. The molecule has 27 heavy (non-hydrogen) atoms. The van der Waals surface area contributed by atoms with E-state index in [0.29, 0.717) is 24.1 Å². The Labute approximate surface area is 155 Å². The van der Waals surface area contributed by atoms with Gasteiger partial charge in [0.1, 0.15) is 0 Å². The Kier molecular flexibility index (Phi) is 4.84. The molecular weight excluding hydrogens is 357 g/mol. The lowest BCUT2D eigenvalue weighted by Gasteiger charge is -2.44. The van der Waals surface area contributed by atoms with Crippen LogP contribution in [0.3, 0.4) is 0 Å². The van der Waals surface area contributed by atoms with Crippen LogP contribution >= 0.6 is 0 Å². The molecule has 1 amide bonds. The number of aromatic amines is 1. The van der Waals surface area contributed by atoms with Gasteiger partial charge < -0.3 is 15.2 Å². The van der Waals surface area contributed by atoms with Crippen molar-refractivity contribution in [1.29, 1.82) is 0 Å². The average molecular weight is 380 g/mol. The van der Waals surface area contributed by atoms with Gasteiger partial charge in [-0.15, -0.1) is 0 Å². The molecule has 2 aromatic rings. The molecule has 8 heteroatoms. The molecule has 5 nitrogen and oxygen atoms in total. The number of hydrogen-bond donors (Lipinski definition) is 2. The molecule has 2 atom stereocenters. The number of hydrogen-bond acceptors (Lipinski definition) is 3. The summed E-state index contributed by atoms with van der Waals surface area (Å²) in [5.41, 5.74) is 0.756. The zero-order valence-electron chi connectivity index (χ0n) is 15.0. The van der Waals surface area contributed by atoms with Crippen molar-refractivity contribution in [2.75, 3.05) is 19.6 Å². The molecule has 146 valence electrons. The molecule has 2 fully saturated rings. The number of piperidine rings is 2. The molecule has 3 heterocycles. The molecule has 2 aliphatic rings. The lowest BCUT2D eigenvalue weighted by molar-refractivity contribution is -0.144. The number of carbonyl (C=O) groups excluding carboxylic acids is 1. The second-order valence-electron chi connectivity index (χ2n) is 7.53. The maximum absolute atomic E-state index is 12.8. The van der Waals surface area contributed by atoms with E-state index in [4.69, 9.17) is 0 Å². The fraction of sp³-hybridized carbons (Fsp3) is 0.579. The van der Waals surface area contributed by atoms with Crippen LogP contribution in [0.15, 0.2) is 18.2 Å². The summed E-state index contributed by atoms with van der Waals surface area (Å²) in [4.78, 5) is 20.8. The van der Waals surface area contributed by atoms with Crippen molar-refractivity contribution in [2.45, 2.75) is 44.3 Å². The fourth-order valence-corrected chi connectivity index (χ4v) is 4.43. The number of H-pyrrole nitrogens is 1. The van der Waals surface area contributed by atoms with Gasteiger partial charge in [-0.25, -0.2) is 4.98 Å². The number of fused-ring (bicyclic) bond motifs is 2. The molecule has 0 aliphatic carbocycles. The average Bonchev–Trinajstić information content (AvgIpc) is 3.10. The van der Waals surface area contributed by atoms with Gasteiger partial charge in [-0.05, 0) is 62.9 Å². The van der Waals surface area contributed by atoms with Crippen molar-refractivity contribution in [2.24, 2.45) is 5.92 Å².